The highest BCUT2D eigenvalue weighted by Crippen LogP contribution is 2.44. The van der Waals surface area contributed by atoms with Crippen molar-refractivity contribution in [1.82, 2.24) is 0 Å². The molecule has 1 nitrogen and oxygen atoms in total. The summed E-state index contributed by atoms with van der Waals surface area (Å²) >= 11 is 5.96. The molecule has 0 aliphatic heterocycles. The predicted molar refractivity (Wildman–Crippen MR) is 72.3 cm³/mol. The maximum atomic E-state index is 10.4. The lowest BCUT2D eigenvalue weighted by atomic mass is 9.77. The van der Waals surface area contributed by atoms with Gasteiger partial charge in [0.2, 0.25) is 0 Å². The molecule has 1 aliphatic rings. The molecule has 1 N–H and O–H groups in total. The summed E-state index contributed by atoms with van der Waals surface area (Å²) in [6.07, 6.45) is 4.09. The van der Waals surface area contributed by atoms with E-state index in [1.165, 1.54) is 12.8 Å². The van der Waals surface area contributed by atoms with Crippen molar-refractivity contribution in [2.24, 2.45) is 11.3 Å². The number of halogens is 1. The van der Waals surface area contributed by atoms with Gasteiger partial charge in [-0.3, -0.25) is 0 Å². The van der Waals surface area contributed by atoms with Gasteiger partial charge in [0.25, 0.3) is 0 Å². The van der Waals surface area contributed by atoms with Crippen molar-refractivity contribution in [3.8, 4) is 0 Å². The minimum absolute atomic E-state index is 0.244. The van der Waals surface area contributed by atoms with Crippen LogP contribution in [0.2, 0.25) is 5.02 Å². The molecule has 1 aromatic rings. The third kappa shape index (κ3) is 3.02. The molecule has 0 saturated heterocycles. The minimum Gasteiger partial charge on any atom is -0.392 e. The largest absolute Gasteiger partial charge is 0.392 e. The molecule has 0 aromatic heterocycles. The van der Waals surface area contributed by atoms with Crippen LogP contribution in [-0.2, 0) is 6.42 Å². The molecule has 1 aliphatic carbocycles. The van der Waals surface area contributed by atoms with E-state index in [4.69, 9.17) is 11.6 Å². The fourth-order valence-corrected chi connectivity index (χ4v) is 3.33. The van der Waals surface area contributed by atoms with Gasteiger partial charge in [0.1, 0.15) is 0 Å². The molecule has 0 spiro atoms. The Morgan fingerprint density at radius 1 is 1.47 bits per heavy atom. The Morgan fingerprint density at radius 3 is 2.82 bits per heavy atom. The molecule has 94 valence electrons. The summed E-state index contributed by atoms with van der Waals surface area (Å²) in [5, 5.41) is 11.1. The fraction of sp³-hybridized carbons (Fsp3) is 0.600. The lowest BCUT2D eigenvalue weighted by molar-refractivity contribution is 0.0543. The number of hydrogen-bond donors (Lipinski definition) is 1. The van der Waals surface area contributed by atoms with Crippen molar-refractivity contribution in [3.05, 3.63) is 34.9 Å². The van der Waals surface area contributed by atoms with Crippen LogP contribution < -0.4 is 0 Å². The van der Waals surface area contributed by atoms with Crippen LogP contribution in [-0.4, -0.2) is 11.2 Å². The summed E-state index contributed by atoms with van der Waals surface area (Å²) in [4.78, 5) is 0. The standard InChI is InChI=1S/C15H21ClO/c1-15(2)8-4-7-13(15)14(17)10-11-5-3-6-12(16)9-11/h3,5-6,9,13-14,17H,4,7-8,10H2,1-2H3. The smallest absolute Gasteiger partial charge is 0.0613 e. The fourth-order valence-electron chi connectivity index (χ4n) is 3.11. The zero-order valence-electron chi connectivity index (χ0n) is 10.6. The number of aliphatic hydroxyl groups excluding tert-OH is 1. The second-order valence-electron chi connectivity index (χ2n) is 5.89. The van der Waals surface area contributed by atoms with Crippen LogP contribution in [0.1, 0.15) is 38.7 Å². The van der Waals surface area contributed by atoms with Crippen LogP contribution in [0.25, 0.3) is 0 Å². The molecule has 1 saturated carbocycles. The van der Waals surface area contributed by atoms with Crippen LogP contribution >= 0.6 is 11.6 Å². The molecular weight excluding hydrogens is 232 g/mol. The maximum absolute atomic E-state index is 10.4. The van der Waals surface area contributed by atoms with E-state index in [0.29, 0.717) is 12.3 Å². The first-order valence-electron chi connectivity index (χ1n) is 6.41. The summed E-state index contributed by atoms with van der Waals surface area (Å²) in [6.45, 7) is 4.54. The minimum atomic E-state index is -0.244. The Bertz CT molecular complexity index is 386. The molecule has 0 amide bonds. The molecule has 1 fully saturated rings. The topological polar surface area (TPSA) is 20.2 Å². The summed E-state index contributed by atoms with van der Waals surface area (Å²) in [6, 6.07) is 7.81. The monoisotopic (exact) mass is 252 g/mol. The molecule has 2 rings (SSSR count). The zero-order valence-corrected chi connectivity index (χ0v) is 11.4. The molecular formula is C15H21ClO. The average molecular weight is 253 g/mol. The first kappa shape index (κ1) is 12.9. The SMILES string of the molecule is CC1(C)CCCC1C(O)Cc1cccc(Cl)c1. The highest BCUT2D eigenvalue weighted by Gasteiger charge is 2.38. The summed E-state index contributed by atoms with van der Waals surface area (Å²) in [5.74, 6) is 0.418. The molecule has 0 heterocycles. The second kappa shape index (κ2) is 4.99. The maximum Gasteiger partial charge on any atom is 0.0613 e. The number of aliphatic hydroxyl groups is 1. The molecule has 2 unspecified atom stereocenters. The summed E-state index contributed by atoms with van der Waals surface area (Å²) < 4.78 is 0. The Labute approximate surface area is 109 Å². The first-order chi connectivity index (χ1) is 7.99. The van der Waals surface area contributed by atoms with E-state index in [-0.39, 0.29) is 11.5 Å². The van der Waals surface area contributed by atoms with Gasteiger partial charge in [0.05, 0.1) is 6.10 Å². The molecule has 17 heavy (non-hydrogen) atoms. The Hall–Kier alpha value is -0.530. The van der Waals surface area contributed by atoms with Gasteiger partial charge in [-0.25, -0.2) is 0 Å². The van der Waals surface area contributed by atoms with Crippen LogP contribution in [0.5, 0.6) is 0 Å². The van der Waals surface area contributed by atoms with Crippen molar-refractivity contribution < 1.29 is 5.11 Å². The highest BCUT2D eigenvalue weighted by molar-refractivity contribution is 6.30. The van der Waals surface area contributed by atoms with E-state index in [9.17, 15) is 5.11 Å². The van der Waals surface area contributed by atoms with Gasteiger partial charge >= 0.3 is 0 Å². The highest BCUT2D eigenvalue weighted by atomic mass is 35.5. The van der Waals surface area contributed by atoms with Crippen molar-refractivity contribution in [3.63, 3.8) is 0 Å². The van der Waals surface area contributed by atoms with E-state index in [1.807, 2.05) is 24.3 Å². The van der Waals surface area contributed by atoms with Crippen molar-refractivity contribution in [1.29, 1.82) is 0 Å². The molecule has 0 radical (unpaired) electrons. The van der Waals surface area contributed by atoms with Crippen LogP contribution in [0, 0.1) is 11.3 Å². The quantitative estimate of drug-likeness (QED) is 0.860. The van der Waals surface area contributed by atoms with Crippen molar-refractivity contribution in [2.75, 3.05) is 0 Å². The normalized spacial score (nSPS) is 24.8. The Balaban J connectivity index is 2.04. The van der Waals surface area contributed by atoms with Gasteiger partial charge < -0.3 is 5.11 Å². The van der Waals surface area contributed by atoms with E-state index in [0.717, 1.165) is 17.0 Å². The third-order valence-corrected chi connectivity index (χ3v) is 4.37. The van der Waals surface area contributed by atoms with Gasteiger partial charge in [-0.1, -0.05) is 44.0 Å². The predicted octanol–water partition coefficient (Wildman–Crippen LogP) is 4.07. The summed E-state index contributed by atoms with van der Waals surface area (Å²) in [7, 11) is 0. The number of benzene rings is 1. The molecule has 0 bridgehead atoms. The van der Waals surface area contributed by atoms with E-state index in [1.54, 1.807) is 0 Å². The number of hydrogen-bond acceptors (Lipinski definition) is 1. The first-order valence-corrected chi connectivity index (χ1v) is 6.79. The van der Waals surface area contributed by atoms with Crippen molar-refractivity contribution >= 4 is 11.6 Å². The van der Waals surface area contributed by atoms with E-state index >= 15 is 0 Å². The van der Waals surface area contributed by atoms with E-state index < -0.39 is 0 Å². The Kier molecular flexibility index (Phi) is 3.79. The van der Waals surface area contributed by atoms with Crippen LogP contribution in [0.15, 0.2) is 24.3 Å². The molecule has 1 aromatic carbocycles. The zero-order chi connectivity index (χ0) is 12.5. The van der Waals surface area contributed by atoms with Gasteiger partial charge in [0.15, 0.2) is 0 Å². The van der Waals surface area contributed by atoms with Gasteiger partial charge in [-0.05, 0) is 48.3 Å². The summed E-state index contributed by atoms with van der Waals surface area (Å²) in [5.41, 5.74) is 1.41. The average Bonchev–Trinajstić information content (AvgIpc) is 2.58. The van der Waals surface area contributed by atoms with E-state index in [2.05, 4.69) is 13.8 Å². The van der Waals surface area contributed by atoms with Crippen LogP contribution in [0.4, 0.5) is 0 Å². The molecule has 2 heteroatoms. The second-order valence-corrected chi connectivity index (χ2v) is 6.33. The number of rotatable bonds is 3. The lowest BCUT2D eigenvalue weighted by Gasteiger charge is -2.31. The Morgan fingerprint density at radius 2 is 2.24 bits per heavy atom. The van der Waals surface area contributed by atoms with Gasteiger partial charge in [-0.2, -0.15) is 0 Å². The third-order valence-electron chi connectivity index (χ3n) is 4.14. The van der Waals surface area contributed by atoms with Gasteiger partial charge in [-0.15, -0.1) is 0 Å². The lowest BCUT2D eigenvalue weighted by Crippen LogP contribution is -2.31. The van der Waals surface area contributed by atoms with Gasteiger partial charge in [0, 0.05) is 5.02 Å². The van der Waals surface area contributed by atoms with Crippen molar-refractivity contribution in [2.45, 2.75) is 45.6 Å². The molecule has 2 atom stereocenters. The van der Waals surface area contributed by atoms with Crippen LogP contribution in [0.3, 0.4) is 0 Å².